The molecule has 2 rings (SSSR count). The van der Waals surface area contributed by atoms with Crippen molar-refractivity contribution in [2.24, 2.45) is 0 Å². The fourth-order valence-corrected chi connectivity index (χ4v) is 1.94. The van der Waals surface area contributed by atoms with Gasteiger partial charge in [-0.2, -0.15) is 0 Å². The maximum atomic E-state index is 10.6. The van der Waals surface area contributed by atoms with Crippen LogP contribution in [-0.2, 0) is 0 Å². The van der Waals surface area contributed by atoms with E-state index in [1.165, 1.54) is 12.1 Å². The highest BCUT2D eigenvalue weighted by molar-refractivity contribution is 5.60. The first kappa shape index (κ1) is 20.6. The van der Waals surface area contributed by atoms with Gasteiger partial charge in [0.15, 0.2) is 0 Å². The van der Waals surface area contributed by atoms with Crippen LogP contribution in [0.2, 0.25) is 0 Å². The van der Waals surface area contributed by atoms with E-state index in [9.17, 15) is 25.0 Å². The number of nitrogens with zero attached hydrogens (tertiary/aromatic N) is 2. The van der Waals surface area contributed by atoms with E-state index in [1.54, 1.807) is 30.3 Å². The molecule has 0 fully saturated rings. The van der Waals surface area contributed by atoms with Crippen molar-refractivity contribution < 1.29 is 24.5 Å². The van der Waals surface area contributed by atoms with Crippen LogP contribution in [0, 0.1) is 20.2 Å². The zero-order chi connectivity index (χ0) is 19.7. The Hall–Kier alpha value is -3.49. The van der Waals surface area contributed by atoms with Crippen LogP contribution in [0.1, 0.15) is 31.7 Å². The van der Waals surface area contributed by atoms with Crippen molar-refractivity contribution >= 4 is 17.5 Å². The zero-order valence-electron chi connectivity index (χ0n) is 14.2. The number of hydrogen-bond donors (Lipinski definition) is 1. The van der Waals surface area contributed by atoms with Crippen molar-refractivity contribution in [1.82, 2.24) is 0 Å². The topological polar surface area (TPSA) is 133 Å². The molecular formula is C17H18N2O7. The molecule has 0 bridgehead atoms. The average molecular weight is 362 g/mol. The summed E-state index contributed by atoms with van der Waals surface area (Å²) in [5, 5.41) is 29.4. The van der Waals surface area contributed by atoms with E-state index in [-0.39, 0.29) is 17.3 Å². The Bertz CT molecular complexity index is 746. The molecule has 0 aromatic heterocycles. The van der Waals surface area contributed by atoms with Crippen LogP contribution in [0.3, 0.4) is 0 Å². The van der Waals surface area contributed by atoms with Gasteiger partial charge < -0.3 is 9.84 Å². The van der Waals surface area contributed by atoms with E-state index < -0.39 is 16.0 Å². The first-order chi connectivity index (χ1) is 12.2. The Balaban J connectivity index is 0.000000289. The van der Waals surface area contributed by atoms with Gasteiger partial charge in [-0.1, -0.05) is 32.0 Å². The smallest absolute Gasteiger partial charge is 0.449 e. The summed E-state index contributed by atoms with van der Waals surface area (Å²) in [4.78, 5) is 30.0. The minimum absolute atomic E-state index is 0.0681. The van der Waals surface area contributed by atoms with Gasteiger partial charge in [0.1, 0.15) is 5.75 Å². The number of para-hydroxylation sites is 1. The summed E-state index contributed by atoms with van der Waals surface area (Å²) in [7, 11) is 0. The Morgan fingerprint density at radius 1 is 1.08 bits per heavy atom. The predicted octanol–water partition coefficient (Wildman–Crippen LogP) is 4.76. The lowest BCUT2D eigenvalue weighted by Gasteiger charge is -2.07. The van der Waals surface area contributed by atoms with Crippen molar-refractivity contribution in [3.05, 3.63) is 74.3 Å². The molecule has 26 heavy (non-hydrogen) atoms. The predicted molar refractivity (Wildman–Crippen MR) is 93.6 cm³/mol. The normalized spacial score (nSPS) is 10.8. The van der Waals surface area contributed by atoms with Gasteiger partial charge in [-0.05, 0) is 30.0 Å². The molecule has 0 saturated carbocycles. The first-order valence-electron chi connectivity index (χ1n) is 7.64. The van der Waals surface area contributed by atoms with Crippen LogP contribution < -0.4 is 4.74 Å². The molecule has 0 heterocycles. The highest BCUT2D eigenvalue weighted by Crippen LogP contribution is 2.28. The molecule has 1 unspecified atom stereocenters. The zero-order valence-corrected chi connectivity index (χ0v) is 14.2. The number of rotatable bonds is 5. The summed E-state index contributed by atoms with van der Waals surface area (Å²) in [6.45, 7) is 3.80. The molecule has 0 amide bonds. The van der Waals surface area contributed by atoms with Crippen LogP contribution >= 0.6 is 0 Å². The van der Waals surface area contributed by atoms with Crippen LogP contribution in [0.5, 0.6) is 5.75 Å². The van der Waals surface area contributed by atoms with Crippen LogP contribution in [0.4, 0.5) is 16.2 Å². The molecule has 2 aromatic rings. The van der Waals surface area contributed by atoms with Gasteiger partial charge in [0.25, 0.3) is 11.4 Å². The second kappa shape index (κ2) is 9.72. The standard InChI is InChI=1S/C10H12N2O4.C7H6O3/c1-3-7(2)8-4-9(11(13)14)6-10(5-8)12(15)16;8-7(9)10-6-4-2-1-3-5-6/h4-7H,3H2,1-2H3;1-5H,(H,8,9). The summed E-state index contributed by atoms with van der Waals surface area (Å²) in [5.74, 6) is 0.411. The highest BCUT2D eigenvalue weighted by atomic mass is 16.7. The number of non-ortho nitro benzene ring substituents is 2. The fraction of sp³-hybridized carbons (Fsp3) is 0.235. The quantitative estimate of drug-likeness (QED) is 0.351. The lowest BCUT2D eigenvalue weighted by Crippen LogP contribution is -2.02. The molecule has 138 valence electrons. The van der Waals surface area contributed by atoms with E-state index in [2.05, 4.69) is 4.74 Å². The van der Waals surface area contributed by atoms with Crippen LogP contribution in [0.15, 0.2) is 48.5 Å². The molecule has 0 saturated heterocycles. The van der Waals surface area contributed by atoms with Crippen molar-refractivity contribution in [1.29, 1.82) is 0 Å². The van der Waals surface area contributed by atoms with E-state index in [0.717, 1.165) is 12.5 Å². The minimum atomic E-state index is -1.29. The number of nitro benzene ring substituents is 2. The number of ether oxygens (including phenoxy) is 1. The third kappa shape index (κ3) is 6.56. The Morgan fingerprint density at radius 3 is 1.96 bits per heavy atom. The molecule has 0 aliphatic carbocycles. The molecule has 0 aliphatic rings. The van der Waals surface area contributed by atoms with Gasteiger partial charge in [0.2, 0.25) is 0 Å². The van der Waals surface area contributed by atoms with Gasteiger partial charge in [0.05, 0.1) is 15.9 Å². The number of carboxylic acid groups (broad SMARTS) is 1. The molecule has 2 aromatic carbocycles. The maximum Gasteiger partial charge on any atom is 0.511 e. The molecule has 1 N–H and O–H groups in total. The third-order valence-electron chi connectivity index (χ3n) is 3.48. The van der Waals surface area contributed by atoms with Gasteiger partial charge in [-0.15, -0.1) is 0 Å². The van der Waals surface area contributed by atoms with E-state index in [4.69, 9.17) is 5.11 Å². The van der Waals surface area contributed by atoms with Crippen molar-refractivity contribution in [3.8, 4) is 5.75 Å². The van der Waals surface area contributed by atoms with Gasteiger partial charge >= 0.3 is 6.16 Å². The monoisotopic (exact) mass is 362 g/mol. The molecule has 0 spiro atoms. The Morgan fingerprint density at radius 2 is 1.58 bits per heavy atom. The summed E-state index contributed by atoms with van der Waals surface area (Å²) >= 11 is 0. The number of carbonyl (C=O) groups is 1. The minimum Gasteiger partial charge on any atom is -0.449 e. The molecule has 0 aliphatic heterocycles. The third-order valence-corrected chi connectivity index (χ3v) is 3.48. The molecular weight excluding hydrogens is 344 g/mol. The van der Waals surface area contributed by atoms with Crippen LogP contribution in [-0.4, -0.2) is 21.1 Å². The van der Waals surface area contributed by atoms with Crippen molar-refractivity contribution in [2.75, 3.05) is 0 Å². The summed E-state index contributed by atoms with van der Waals surface area (Å²) < 4.78 is 4.33. The molecule has 9 heteroatoms. The molecule has 1 atom stereocenters. The number of benzene rings is 2. The SMILES string of the molecule is CCC(C)c1cc([N+](=O)[O-])cc([N+](=O)[O-])c1.O=C(O)Oc1ccccc1. The number of nitro groups is 2. The van der Waals surface area contributed by atoms with E-state index in [1.807, 2.05) is 13.8 Å². The highest BCUT2D eigenvalue weighted by Gasteiger charge is 2.18. The lowest BCUT2D eigenvalue weighted by atomic mass is 9.98. The van der Waals surface area contributed by atoms with Gasteiger partial charge in [0, 0.05) is 12.1 Å². The maximum absolute atomic E-state index is 10.6. The summed E-state index contributed by atoms with van der Waals surface area (Å²) in [5.41, 5.74) is 0.164. The average Bonchev–Trinajstić information content (AvgIpc) is 2.61. The summed E-state index contributed by atoms with van der Waals surface area (Å²) in [6, 6.07) is 12.1. The molecule has 9 nitrogen and oxygen atoms in total. The van der Waals surface area contributed by atoms with Crippen molar-refractivity contribution in [2.45, 2.75) is 26.2 Å². The Kier molecular flexibility index (Phi) is 7.68. The van der Waals surface area contributed by atoms with Crippen molar-refractivity contribution in [3.63, 3.8) is 0 Å². The van der Waals surface area contributed by atoms with E-state index >= 15 is 0 Å². The van der Waals surface area contributed by atoms with Crippen LogP contribution in [0.25, 0.3) is 0 Å². The first-order valence-corrected chi connectivity index (χ1v) is 7.64. The van der Waals surface area contributed by atoms with Gasteiger partial charge in [-0.3, -0.25) is 20.2 Å². The Labute approximate surface area is 149 Å². The molecule has 0 radical (unpaired) electrons. The second-order valence-electron chi connectivity index (χ2n) is 5.29. The van der Waals surface area contributed by atoms with Gasteiger partial charge in [-0.25, -0.2) is 4.79 Å². The van der Waals surface area contributed by atoms with E-state index in [0.29, 0.717) is 11.3 Å². The second-order valence-corrected chi connectivity index (χ2v) is 5.29. The fourth-order valence-electron chi connectivity index (χ4n) is 1.94. The summed E-state index contributed by atoms with van der Waals surface area (Å²) in [6.07, 6.45) is -0.510. The number of hydrogen-bond acceptors (Lipinski definition) is 6. The largest absolute Gasteiger partial charge is 0.511 e. The lowest BCUT2D eigenvalue weighted by molar-refractivity contribution is -0.394.